The van der Waals surface area contributed by atoms with Crippen molar-refractivity contribution in [3.63, 3.8) is 0 Å². The minimum atomic E-state index is -0.539. The van der Waals surface area contributed by atoms with Crippen LogP contribution in [0.1, 0.15) is 38.7 Å². The highest BCUT2D eigenvalue weighted by Crippen LogP contribution is 2.17. The van der Waals surface area contributed by atoms with Gasteiger partial charge in [0.25, 0.3) is 0 Å². The standard InChI is InChI=1S/C18H27N3O3/c1-13(2)9-16(22)11-19-18(24)20-15-6-3-5-14(10-15)12-21-8-4-7-17(21)23/h3,5-6,10,13,16,22H,4,7-9,11-12H2,1-2H3,(H2,19,20,24)/t16-/m0/s1. The van der Waals surface area contributed by atoms with Crippen LogP contribution in [-0.2, 0) is 11.3 Å². The number of likely N-dealkylation sites (tertiary alicyclic amines) is 1. The SMILES string of the molecule is CC(C)C[C@H](O)CNC(=O)Nc1cccc(CN2CCCC2=O)c1. The molecule has 1 aliphatic rings. The first-order valence-corrected chi connectivity index (χ1v) is 8.53. The quantitative estimate of drug-likeness (QED) is 0.716. The molecule has 0 aliphatic carbocycles. The van der Waals surface area contributed by atoms with Crippen molar-refractivity contribution in [1.82, 2.24) is 10.2 Å². The van der Waals surface area contributed by atoms with Crippen molar-refractivity contribution < 1.29 is 14.7 Å². The molecule has 1 heterocycles. The Labute approximate surface area is 143 Å². The molecule has 132 valence electrons. The van der Waals surface area contributed by atoms with E-state index in [4.69, 9.17) is 0 Å². The summed E-state index contributed by atoms with van der Waals surface area (Å²) in [5.74, 6) is 0.570. The highest BCUT2D eigenvalue weighted by atomic mass is 16.3. The fourth-order valence-electron chi connectivity index (χ4n) is 2.85. The number of carbonyl (C=O) groups excluding carboxylic acids is 2. The fourth-order valence-corrected chi connectivity index (χ4v) is 2.85. The summed E-state index contributed by atoms with van der Waals surface area (Å²) < 4.78 is 0. The highest BCUT2D eigenvalue weighted by Gasteiger charge is 2.20. The van der Waals surface area contributed by atoms with Gasteiger partial charge in [0.1, 0.15) is 0 Å². The van der Waals surface area contributed by atoms with E-state index in [9.17, 15) is 14.7 Å². The molecule has 0 saturated carbocycles. The number of nitrogens with zero attached hydrogens (tertiary/aromatic N) is 1. The molecule has 24 heavy (non-hydrogen) atoms. The van der Waals surface area contributed by atoms with E-state index in [2.05, 4.69) is 10.6 Å². The third-order valence-corrected chi connectivity index (χ3v) is 3.97. The van der Waals surface area contributed by atoms with Crippen molar-refractivity contribution in [2.24, 2.45) is 5.92 Å². The third-order valence-electron chi connectivity index (χ3n) is 3.97. The molecule has 1 fully saturated rings. The lowest BCUT2D eigenvalue weighted by atomic mass is 10.1. The average molecular weight is 333 g/mol. The molecule has 1 atom stereocenters. The zero-order valence-corrected chi connectivity index (χ0v) is 14.4. The number of anilines is 1. The van der Waals surface area contributed by atoms with Gasteiger partial charge in [-0.2, -0.15) is 0 Å². The van der Waals surface area contributed by atoms with Crippen LogP contribution < -0.4 is 10.6 Å². The van der Waals surface area contributed by atoms with Gasteiger partial charge < -0.3 is 20.6 Å². The number of aliphatic hydroxyl groups excluding tert-OH is 1. The molecule has 3 amide bonds. The van der Waals surface area contributed by atoms with Crippen LogP contribution in [0.4, 0.5) is 10.5 Å². The van der Waals surface area contributed by atoms with Crippen LogP contribution in [0.15, 0.2) is 24.3 Å². The summed E-state index contributed by atoms with van der Waals surface area (Å²) in [5.41, 5.74) is 1.66. The van der Waals surface area contributed by atoms with Crippen LogP contribution in [0.25, 0.3) is 0 Å². The average Bonchev–Trinajstić information content (AvgIpc) is 2.90. The first-order chi connectivity index (χ1) is 11.4. The molecule has 6 heteroatoms. The minimum Gasteiger partial charge on any atom is -0.391 e. The van der Waals surface area contributed by atoms with Gasteiger partial charge >= 0.3 is 6.03 Å². The third kappa shape index (κ3) is 5.85. The van der Waals surface area contributed by atoms with Crippen LogP contribution in [-0.4, -0.2) is 41.1 Å². The molecule has 1 aromatic carbocycles. The summed E-state index contributed by atoms with van der Waals surface area (Å²) in [6, 6.07) is 7.14. The lowest BCUT2D eigenvalue weighted by Crippen LogP contribution is -2.35. The van der Waals surface area contributed by atoms with Crippen molar-refractivity contribution in [2.45, 2.75) is 45.8 Å². The lowest BCUT2D eigenvalue weighted by molar-refractivity contribution is -0.128. The molecule has 3 N–H and O–H groups in total. The Balaban J connectivity index is 1.82. The lowest BCUT2D eigenvalue weighted by Gasteiger charge is -2.17. The summed E-state index contributed by atoms with van der Waals surface area (Å²) in [6.45, 7) is 5.65. The molecular formula is C18H27N3O3. The maximum absolute atomic E-state index is 11.9. The van der Waals surface area contributed by atoms with Crippen molar-refractivity contribution in [2.75, 3.05) is 18.4 Å². The number of benzene rings is 1. The Kier molecular flexibility index (Phi) is 6.61. The van der Waals surface area contributed by atoms with Crippen molar-refractivity contribution in [3.05, 3.63) is 29.8 Å². The smallest absolute Gasteiger partial charge is 0.319 e. The summed E-state index contributed by atoms with van der Waals surface area (Å²) in [5, 5.41) is 15.2. The number of carbonyl (C=O) groups is 2. The van der Waals surface area contributed by atoms with E-state index in [1.54, 1.807) is 6.07 Å². The zero-order chi connectivity index (χ0) is 17.5. The van der Waals surface area contributed by atoms with E-state index >= 15 is 0 Å². The Morgan fingerprint density at radius 2 is 2.17 bits per heavy atom. The predicted octanol–water partition coefficient (Wildman–Crippen LogP) is 2.34. The maximum Gasteiger partial charge on any atom is 0.319 e. The molecule has 1 aliphatic heterocycles. The number of amides is 3. The molecule has 6 nitrogen and oxygen atoms in total. The normalized spacial score (nSPS) is 15.7. The Bertz CT molecular complexity index is 574. The van der Waals surface area contributed by atoms with Crippen LogP contribution in [0, 0.1) is 5.92 Å². The molecule has 1 saturated heterocycles. The van der Waals surface area contributed by atoms with Gasteiger partial charge in [-0.05, 0) is 36.5 Å². The second kappa shape index (κ2) is 8.68. The Morgan fingerprint density at radius 1 is 1.38 bits per heavy atom. The topological polar surface area (TPSA) is 81.7 Å². The van der Waals surface area contributed by atoms with Gasteiger partial charge in [-0.25, -0.2) is 4.79 Å². The second-order valence-electron chi connectivity index (χ2n) is 6.74. The number of aliphatic hydroxyl groups is 1. The number of hydrogen-bond donors (Lipinski definition) is 3. The van der Waals surface area contributed by atoms with Crippen molar-refractivity contribution >= 4 is 17.6 Å². The van der Waals surface area contributed by atoms with Gasteiger partial charge in [0.2, 0.25) is 5.91 Å². The van der Waals surface area contributed by atoms with Gasteiger partial charge in [-0.1, -0.05) is 26.0 Å². The van der Waals surface area contributed by atoms with Crippen LogP contribution in [0.2, 0.25) is 0 Å². The summed E-state index contributed by atoms with van der Waals surface area (Å²) in [4.78, 5) is 25.4. The number of urea groups is 1. The Morgan fingerprint density at radius 3 is 2.83 bits per heavy atom. The van der Waals surface area contributed by atoms with Crippen LogP contribution >= 0.6 is 0 Å². The number of nitrogens with one attached hydrogen (secondary N) is 2. The van der Waals surface area contributed by atoms with Crippen molar-refractivity contribution in [1.29, 1.82) is 0 Å². The Hall–Kier alpha value is -2.08. The van der Waals surface area contributed by atoms with E-state index in [1.807, 2.05) is 36.9 Å². The fraction of sp³-hybridized carbons (Fsp3) is 0.556. The van der Waals surface area contributed by atoms with E-state index in [1.165, 1.54) is 0 Å². The summed E-state index contributed by atoms with van der Waals surface area (Å²) >= 11 is 0. The maximum atomic E-state index is 11.9. The largest absolute Gasteiger partial charge is 0.391 e. The highest BCUT2D eigenvalue weighted by molar-refractivity contribution is 5.89. The van der Waals surface area contributed by atoms with Gasteiger partial charge in [0.15, 0.2) is 0 Å². The molecule has 0 radical (unpaired) electrons. The van der Waals surface area contributed by atoms with Gasteiger partial charge in [0.05, 0.1) is 6.10 Å². The first kappa shape index (κ1) is 18.3. The number of rotatable bonds is 7. The van der Waals surface area contributed by atoms with Gasteiger partial charge in [-0.15, -0.1) is 0 Å². The number of hydrogen-bond acceptors (Lipinski definition) is 3. The predicted molar refractivity (Wildman–Crippen MR) is 93.6 cm³/mol. The first-order valence-electron chi connectivity index (χ1n) is 8.53. The summed E-state index contributed by atoms with van der Waals surface area (Å²) in [7, 11) is 0. The molecule has 0 spiro atoms. The van der Waals surface area contributed by atoms with E-state index in [0.29, 0.717) is 31.0 Å². The molecular weight excluding hydrogens is 306 g/mol. The van der Waals surface area contributed by atoms with E-state index < -0.39 is 6.10 Å². The van der Waals surface area contributed by atoms with Crippen LogP contribution in [0.3, 0.4) is 0 Å². The van der Waals surface area contributed by atoms with Gasteiger partial charge in [-0.3, -0.25) is 4.79 Å². The molecule has 2 rings (SSSR count). The zero-order valence-electron chi connectivity index (χ0n) is 14.4. The monoisotopic (exact) mass is 333 g/mol. The minimum absolute atomic E-state index is 0.185. The van der Waals surface area contributed by atoms with E-state index in [0.717, 1.165) is 18.5 Å². The van der Waals surface area contributed by atoms with Gasteiger partial charge in [0, 0.05) is 31.7 Å². The second-order valence-corrected chi connectivity index (χ2v) is 6.74. The van der Waals surface area contributed by atoms with E-state index in [-0.39, 0.29) is 18.5 Å². The molecule has 0 bridgehead atoms. The molecule has 0 unspecified atom stereocenters. The summed E-state index contributed by atoms with van der Waals surface area (Å²) in [6.07, 6.45) is 1.65. The molecule has 1 aromatic rings. The van der Waals surface area contributed by atoms with Crippen molar-refractivity contribution in [3.8, 4) is 0 Å². The molecule has 0 aromatic heterocycles. The van der Waals surface area contributed by atoms with Crippen LogP contribution in [0.5, 0.6) is 0 Å².